The van der Waals surface area contributed by atoms with Gasteiger partial charge in [-0.25, -0.2) is 4.98 Å². The van der Waals surface area contributed by atoms with Crippen molar-refractivity contribution < 1.29 is 10.0 Å². The highest BCUT2D eigenvalue weighted by atomic mass is 16.6. The fraction of sp³-hybridized carbons (Fsp3) is 0.357. The molecule has 1 heterocycles. The molecule has 2 N–H and O–H groups in total. The molecule has 0 bridgehead atoms. The first-order chi connectivity index (χ1) is 9.74. The predicted octanol–water partition coefficient (Wildman–Crippen LogP) is 2.72. The van der Waals surface area contributed by atoms with E-state index in [1.165, 1.54) is 6.07 Å². The van der Waals surface area contributed by atoms with E-state index < -0.39 is 4.92 Å². The second-order valence-corrected chi connectivity index (χ2v) is 4.50. The van der Waals surface area contributed by atoms with Crippen LogP contribution in [-0.2, 0) is 0 Å². The highest BCUT2D eigenvalue weighted by Crippen LogP contribution is 2.28. The molecule has 0 fully saturated rings. The van der Waals surface area contributed by atoms with Gasteiger partial charge in [0.05, 0.1) is 4.92 Å². The Morgan fingerprint density at radius 2 is 2.10 bits per heavy atom. The Hall–Kier alpha value is -2.21. The summed E-state index contributed by atoms with van der Waals surface area (Å²) in [5.74, 6) is 0. The van der Waals surface area contributed by atoms with Crippen LogP contribution in [0.1, 0.15) is 19.3 Å². The first kappa shape index (κ1) is 14.2. The zero-order chi connectivity index (χ0) is 14.4. The maximum atomic E-state index is 11.0. The third-order valence-electron chi connectivity index (χ3n) is 3.10. The van der Waals surface area contributed by atoms with E-state index in [-0.39, 0.29) is 12.3 Å². The number of hydrogen-bond donors (Lipinski definition) is 2. The Kier molecular flexibility index (Phi) is 4.84. The molecular weight excluding hydrogens is 258 g/mol. The number of pyridine rings is 1. The van der Waals surface area contributed by atoms with Gasteiger partial charge >= 0.3 is 0 Å². The number of nitrogens with zero attached hydrogens (tertiary/aromatic N) is 2. The van der Waals surface area contributed by atoms with Crippen molar-refractivity contribution in [3.8, 4) is 0 Å². The van der Waals surface area contributed by atoms with Crippen LogP contribution in [0.3, 0.4) is 0 Å². The summed E-state index contributed by atoms with van der Waals surface area (Å²) in [7, 11) is 0. The predicted molar refractivity (Wildman–Crippen MR) is 77.8 cm³/mol. The Balaban J connectivity index is 2.18. The summed E-state index contributed by atoms with van der Waals surface area (Å²) < 4.78 is 0. The summed E-state index contributed by atoms with van der Waals surface area (Å²) in [6.07, 6.45) is 4.27. The fourth-order valence-electron chi connectivity index (χ4n) is 2.10. The number of nitro groups is 1. The van der Waals surface area contributed by atoms with Gasteiger partial charge in [-0.15, -0.1) is 0 Å². The largest absolute Gasteiger partial charge is 0.396 e. The lowest BCUT2D eigenvalue weighted by Crippen LogP contribution is -2.03. The molecule has 0 spiro atoms. The fourth-order valence-corrected chi connectivity index (χ4v) is 2.10. The van der Waals surface area contributed by atoms with Gasteiger partial charge in [-0.05, 0) is 25.3 Å². The maximum Gasteiger partial charge on any atom is 0.295 e. The summed E-state index contributed by atoms with van der Waals surface area (Å²) in [6, 6.07) is 6.77. The number of hydrogen-bond acceptors (Lipinski definition) is 5. The monoisotopic (exact) mass is 275 g/mol. The molecule has 1 aromatic heterocycles. The zero-order valence-electron chi connectivity index (χ0n) is 11.1. The van der Waals surface area contributed by atoms with Crippen molar-refractivity contribution in [2.24, 2.45) is 0 Å². The van der Waals surface area contributed by atoms with Crippen molar-refractivity contribution >= 4 is 22.3 Å². The number of para-hydroxylation sites is 1. The van der Waals surface area contributed by atoms with Gasteiger partial charge in [-0.1, -0.05) is 12.1 Å². The third-order valence-corrected chi connectivity index (χ3v) is 3.10. The standard InChI is InChI=1S/C14H17N3O3/c18-10-3-1-2-8-15-12-7-9-16-14-11(12)5-4-6-13(14)17(19)20/h4-7,9,18H,1-3,8,10H2,(H,15,16). The molecule has 0 aliphatic rings. The molecule has 6 heteroatoms. The number of fused-ring (bicyclic) bond motifs is 1. The summed E-state index contributed by atoms with van der Waals surface area (Å²) in [4.78, 5) is 14.7. The molecule has 0 saturated carbocycles. The number of aromatic nitrogens is 1. The van der Waals surface area contributed by atoms with E-state index in [9.17, 15) is 10.1 Å². The van der Waals surface area contributed by atoms with Crippen LogP contribution in [0.2, 0.25) is 0 Å². The van der Waals surface area contributed by atoms with Gasteiger partial charge in [0.2, 0.25) is 0 Å². The molecule has 0 aliphatic heterocycles. The van der Waals surface area contributed by atoms with Crippen molar-refractivity contribution in [1.29, 1.82) is 0 Å². The van der Waals surface area contributed by atoms with Crippen molar-refractivity contribution in [1.82, 2.24) is 4.98 Å². The van der Waals surface area contributed by atoms with Crippen molar-refractivity contribution in [3.63, 3.8) is 0 Å². The SMILES string of the molecule is O=[N+]([O-])c1cccc2c(NCCCCCO)ccnc12. The second-order valence-electron chi connectivity index (χ2n) is 4.50. The van der Waals surface area contributed by atoms with Crippen LogP contribution in [-0.4, -0.2) is 28.2 Å². The molecule has 0 amide bonds. The Bertz CT molecular complexity index is 601. The van der Waals surface area contributed by atoms with E-state index in [4.69, 9.17) is 5.11 Å². The number of anilines is 1. The zero-order valence-corrected chi connectivity index (χ0v) is 11.1. The van der Waals surface area contributed by atoms with Crippen LogP contribution in [0.15, 0.2) is 30.5 Å². The van der Waals surface area contributed by atoms with Gasteiger partial charge in [-0.2, -0.15) is 0 Å². The van der Waals surface area contributed by atoms with Crippen LogP contribution in [0, 0.1) is 10.1 Å². The molecule has 0 unspecified atom stereocenters. The minimum absolute atomic E-state index is 0.0198. The van der Waals surface area contributed by atoms with Gasteiger partial charge in [0, 0.05) is 36.5 Å². The average Bonchev–Trinajstić information content (AvgIpc) is 2.46. The summed E-state index contributed by atoms with van der Waals surface area (Å²) in [5.41, 5.74) is 1.27. The highest BCUT2D eigenvalue weighted by Gasteiger charge is 2.13. The van der Waals surface area contributed by atoms with Gasteiger partial charge in [0.1, 0.15) is 5.52 Å². The van der Waals surface area contributed by atoms with Crippen LogP contribution >= 0.6 is 0 Å². The first-order valence-corrected chi connectivity index (χ1v) is 6.61. The third kappa shape index (κ3) is 3.21. The minimum Gasteiger partial charge on any atom is -0.396 e. The van der Waals surface area contributed by atoms with Gasteiger partial charge in [0.25, 0.3) is 5.69 Å². The van der Waals surface area contributed by atoms with E-state index in [0.29, 0.717) is 5.52 Å². The van der Waals surface area contributed by atoms with Crippen molar-refractivity contribution in [2.75, 3.05) is 18.5 Å². The van der Waals surface area contributed by atoms with Crippen molar-refractivity contribution in [2.45, 2.75) is 19.3 Å². The van der Waals surface area contributed by atoms with Crippen LogP contribution in [0.5, 0.6) is 0 Å². The summed E-state index contributed by atoms with van der Waals surface area (Å²) in [5, 5.41) is 23.7. The molecule has 2 aromatic rings. The molecule has 106 valence electrons. The van der Waals surface area contributed by atoms with E-state index in [1.807, 2.05) is 12.1 Å². The van der Waals surface area contributed by atoms with E-state index >= 15 is 0 Å². The van der Waals surface area contributed by atoms with Crippen LogP contribution in [0.25, 0.3) is 10.9 Å². The average molecular weight is 275 g/mol. The lowest BCUT2D eigenvalue weighted by molar-refractivity contribution is -0.383. The molecule has 0 atom stereocenters. The lowest BCUT2D eigenvalue weighted by Gasteiger charge is -2.09. The van der Waals surface area contributed by atoms with Gasteiger partial charge in [-0.3, -0.25) is 10.1 Å². The molecule has 6 nitrogen and oxygen atoms in total. The van der Waals surface area contributed by atoms with Gasteiger partial charge < -0.3 is 10.4 Å². The first-order valence-electron chi connectivity index (χ1n) is 6.61. The Labute approximate surface area is 116 Å². The number of aliphatic hydroxyl groups excluding tert-OH is 1. The number of rotatable bonds is 7. The maximum absolute atomic E-state index is 11.0. The quantitative estimate of drug-likeness (QED) is 0.461. The van der Waals surface area contributed by atoms with E-state index in [2.05, 4.69) is 10.3 Å². The molecule has 0 saturated heterocycles. The van der Waals surface area contributed by atoms with Crippen molar-refractivity contribution in [3.05, 3.63) is 40.6 Å². The topological polar surface area (TPSA) is 88.3 Å². The summed E-state index contributed by atoms with van der Waals surface area (Å²) >= 11 is 0. The van der Waals surface area contributed by atoms with Gasteiger partial charge in [0.15, 0.2) is 0 Å². The molecule has 0 aliphatic carbocycles. The second kappa shape index (κ2) is 6.81. The Morgan fingerprint density at radius 1 is 1.25 bits per heavy atom. The van der Waals surface area contributed by atoms with Crippen LogP contribution < -0.4 is 5.32 Å². The highest BCUT2D eigenvalue weighted by molar-refractivity contribution is 5.96. The lowest BCUT2D eigenvalue weighted by atomic mass is 10.1. The number of aliphatic hydroxyl groups is 1. The normalized spacial score (nSPS) is 10.7. The smallest absolute Gasteiger partial charge is 0.295 e. The van der Waals surface area contributed by atoms with Crippen LogP contribution in [0.4, 0.5) is 11.4 Å². The molecule has 0 radical (unpaired) electrons. The number of nitro benzene ring substituents is 1. The number of benzene rings is 1. The number of non-ortho nitro benzene ring substituents is 1. The van der Waals surface area contributed by atoms with E-state index in [0.717, 1.165) is 36.9 Å². The number of unbranched alkanes of at least 4 members (excludes halogenated alkanes) is 2. The van der Waals surface area contributed by atoms with E-state index in [1.54, 1.807) is 12.3 Å². The Morgan fingerprint density at radius 3 is 2.85 bits per heavy atom. The molecule has 2 rings (SSSR count). The minimum atomic E-state index is -0.416. The number of nitrogens with one attached hydrogen (secondary N) is 1. The molecule has 20 heavy (non-hydrogen) atoms. The molecular formula is C14H17N3O3. The summed E-state index contributed by atoms with van der Waals surface area (Å²) in [6.45, 7) is 0.978. The molecule has 1 aromatic carbocycles.